The maximum absolute atomic E-state index is 12.9. The Bertz CT molecular complexity index is 1430. The van der Waals surface area contributed by atoms with Crippen molar-refractivity contribution in [2.45, 2.75) is 6.54 Å². The molecular weight excluding hydrogens is 458 g/mol. The molecule has 2 aromatic heterocycles. The van der Waals surface area contributed by atoms with E-state index in [1.54, 1.807) is 18.3 Å². The number of hydrogen-bond donors (Lipinski definition) is 1. The zero-order valence-corrected chi connectivity index (χ0v) is 20.3. The molecule has 0 saturated carbocycles. The van der Waals surface area contributed by atoms with Crippen LogP contribution in [0.2, 0.25) is 5.02 Å². The minimum absolute atomic E-state index is 0.202. The minimum Gasteiger partial charge on any atom is -0.322 e. The van der Waals surface area contributed by atoms with Gasteiger partial charge in [0.25, 0.3) is 5.91 Å². The Balaban J connectivity index is 1.26. The Morgan fingerprint density at radius 2 is 1.89 bits per heavy atom. The number of imidazole rings is 1. The van der Waals surface area contributed by atoms with Crippen LogP contribution in [0.1, 0.15) is 27.2 Å². The van der Waals surface area contributed by atoms with Gasteiger partial charge in [-0.25, -0.2) is 4.98 Å². The number of fused-ring (bicyclic) bond motifs is 1. The number of aromatic nitrogens is 2. The summed E-state index contributed by atoms with van der Waals surface area (Å²) >= 11 is 6.55. The normalized spacial score (nSPS) is 14.5. The van der Waals surface area contributed by atoms with E-state index >= 15 is 0 Å². The molecule has 4 aromatic rings. The third-order valence-corrected chi connectivity index (χ3v) is 6.53. The van der Waals surface area contributed by atoms with Crippen LogP contribution >= 0.6 is 11.6 Å². The highest BCUT2D eigenvalue weighted by atomic mass is 35.5. The van der Waals surface area contributed by atoms with Gasteiger partial charge in [0, 0.05) is 60.8 Å². The second-order valence-electron chi connectivity index (χ2n) is 8.74. The van der Waals surface area contributed by atoms with Gasteiger partial charge in [0.2, 0.25) is 0 Å². The average Bonchev–Trinajstić information content (AvgIpc) is 3.29. The van der Waals surface area contributed by atoms with Crippen LogP contribution in [0.3, 0.4) is 0 Å². The van der Waals surface area contributed by atoms with Gasteiger partial charge < -0.3 is 10.2 Å². The molecule has 5 rings (SSSR count). The number of nitrogens with zero attached hydrogens (tertiary/aromatic N) is 4. The summed E-state index contributed by atoms with van der Waals surface area (Å²) in [7, 11) is 2.14. The molecule has 0 spiro atoms. The van der Waals surface area contributed by atoms with E-state index in [4.69, 9.17) is 11.6 Å². The van der Waals surface area contributed by atoms with Crippen LogP contribution in [-0.4, -0.2) is 58.3 Å². The highest BCUT2D eigenvalue weighted by Gasteiger charge is 2.15. The number of benzene rings is 2. The molecule has 2 aromatic carbocycles. The first-order chi connectivity index (χ1) is 17.0. The van der Waals surface area contributed by atoms with Gasteiger partial charge in [-0.1, -0.05) is 35.7 Å². The van der Waals surface area contributed by atoms with E-state index in [1.165, 1.54) is 0 Å². The first kappa shape index (κ1) is 23.1. The number of anilines is 1. The van der Waals surface area contributed by atoms with Gasteiger partial charge in [0.1, 0.15) is 11.3 Å². The number of carbonyl (C=O) groups excluding carboxylic acids is 1. The maximum atomic E-state index is 12.9. The van der Waals surface area contributed by atoms with Crippen LogP contribution in [0.15, 0.2) is 73.1 Å². The van der Waals surface area contributed by atoms with Crippen molar-refractivity contribution in [1.82, 2.24) is 19.2 Å². The lowest BCUT2D eigenvalue weighted by Crippen LogP contribution is -2.43. The van der Waals surface area contributed by atoms with Gasteiger partial charge in [-0.05, 0) is 61.0 Å². The molecule has 0 radical (unpaired) electrons. The van der Waals surface area contributed by atoms with E-state index in [-0.39, 0.29) is 5.91 Å². The highest BCUT2D eigenvalue weighted by Crippen LogP contribution is 2.23. The number of hydrogen-bond acceptors (Lipinski definition) is 4. The van der Waals surface area contributed by atoms with Gasteiger partial charge in [-0.3, -0.25) is 14.1 Å². The molecule has 1 aliphatic rings. The van der Waals surface area contributed by atoms with E-state index in [1.807, 2.05) is 59.1 Å². The molecule has 1 aliphatic heterocycles. The van der Waals surface area contributed by atoms with E-state index in [0.717, 1.165) is 55.2 Å². The number of amides is 1. The van der Waals surface area contributed by atoms with Crippen LogP contribution in [0.5, 0.6) is 0 Å². The Kier molecular flexibility index (Phi) is 6.82. The second-order valence-corrected chi connectivity index (χ2v) is 9.15. The van der Waals surface area contributed by atoms with Gasteiger partial charge in [0.05, 0.1) is 6.20 Å². The van der Waals surface area contributed by atoms with Crippen molar-refractivity contribution in [2.75, 3.05) is 38.5 Å². The maximum Gasteiger partial charge on any atom is 0.255 e. The molecule has 6 nitrogen and oxygen atoms in total. The molecule has 35 heavy (non-hydrogen) atoms. The quantitative estimate of drug-likeness (QED) is 0.437. The predicted octanol–water partition coefficient (Wildman–Crippen LogP) is 4.39. The first-order valence-corrected chi connectivity index (χ1v) is 12.0. The van der Waals surface area contributed by atoms with Crippen molar-refractivity contribution >= 4 is 28.8 Å². The zero-order valence-electron chi connectivity index (χ0n) is 19.5. The Morgan fingerprint density at radius 3 is 2.71 bits per heavy atom. The van der Waals surface area contributed by atoms with E-state index in [0.29, 0.717) is 16.3 Å². The molecule has 1 amide bonds. The molecule has 1 saturated heterocycles. The third-order valence-electron chi connectivity index (χ3n) is 6.18. The summed E-state index contributed by atoms with van der Waals surface area (Å²) in [5.74, 6) is 6.08. The van der Waals surface area contributed by atoms with Gasteiger partial charge in [0.15, 0.2) is 0 Å². The minimum atomic E-state index is -0.202. The van der Waals surface area contributed by atoms with Crippen LogP contribution in [0, 0.1) is 11.8 Å². The number of nitrogens with one attached hydrogen (secondary N) is 1. The van der Waals surface area contributed by atoms with Gasteiger partial charge in [-0.15, -0.1) is 0 Å². The van der Waals surface area contributed by atoms with Crippen LogP contribution in [0.4, 0.5) is 5.69 Å². The van der Waals surface area contributed by atoms with Gasteiger partial charge >= 0.3 is 0 Å². The van der Waals surface area contributed by atoms with Crippen molar-refractivity contribution in [3.63, 3.8) is 0 Å². The van der Waals surface area contributed by atoms with Crippen LogP contribution < -0.4 is 5.32 Å². The molecule has 176 valence electrons. The molecule has 3 heterocycles. The number of likely N-dealkylation sites (N-methyl/N-ethyl adjacent to an activating group) is 1. The molecular formula is C28H26ClN5O. The Morgan fingerprint density at radius 1 is 1.03 bits per heavy atom. The predicted molar refractivity (Wildman–Crippen MR) is 140 cm³/mol. The lowest BCUT2D eigenvalue weighted by atomic mass is 10.1. The summed E-state index contributed by atoms with van der Waals surface area (Å²) < 4.78 is 1.93. The number of pyridine rings is 1. The Hall–Kier alpha value is -3.63. The van der Waals surface area contributed by atoms with Crippen molar-refractivity contribution in [3.05, 3.63) is 100 Å². The molecule has 1 fully saturated rings. The van der Waals surface area contributed by atoms with Crippen molar-refractivity contribution in [2.24, 2.45) is 0 Å². The fraction of sp³-hybridized carbons (Fsp3) is 0.214. The molecule has 0 unspecified atom stereocenters. The fourth-order valence-corrected chi connectivity index (χ4v) is 4.34. The summed E-state index contributed by atoms with van der Waals surface area (Å²) in [4.78, 5) is 22.0. The molecule has 0 atom stereocenters. The molecule has 1 N–H and O–H groups in total. The van der Waals surface area contributed by atoms with Crippen LogP contribution in [-0.2, 0) is 6.54 Å². The summed E-state index contributed by atoms with van der Waals surface area (Å²) in [6.07, 6.45) is 3.67. The Labute approximate surface area is 210 Å². The highest BCUT2D eigenvalue weighted by molar-refractivity contribution is 6.31. The van der Waals surface area contributed by atoms with Crippen molar-refractivity contribution in [1.29, 1.82) is 0 Å². The second kappa shape index (κ2) is 10.3. The number of halogens is 1. The number of piperazine rings is 1. The van der Waals surface area contributed by atoms with Crippen LogP contribution in [0.25, 0.3) is 5.65 Å². The summed E-state index contributed by atoms with van der Waals surface area (Å²) in [5.41, 5.74) is 4.67. The van der Waals surface area contributed by atoms with E-state index in [2.05, 4.69) is 39.0 Å². The number of rotatable bonds is 4. The standard InChI is InChI=1S/C28H26ClN5O/c1-32-13-15-33(16-14-32)20-23-9-10-24(18-26(23)29)31-28(35)22-6-4-5-21(17-22)8-11-25-19-30-27-7-2-3-12-34(25)27/h2-7,9-10,12,17-19H,13-16,20H2,1H3,(H,31,35). The number of carbonyl (C=O) groups is 1. The average molecular weight is 484 g/mol. The lowest BCUT2D eigenvalue weighted by Gasteiger charge is -2.32. The van der Waals surface area contributed by atoms with Crippen molar-refractivity contribution in [3.8, 4) is 11.8 Å². The molecule has 7 heteroatoms. The first-order valence-electron chi connectivity index (χ1n) is 11.6. The van der Waals surface area contributed by atoms with Crippen molar-refractivity contribution < 1.29 is 4.79 Å². The summed E-state index contributed by atoms with van der Waals surface area (Å²) in [5, 5.41) is 3.61. The summed E-state index contributed by atoms with van der Waals surface area (Å²) in [6, 6.07) is 18.8. The SMILES string of the molecule is CN1CCN(Cc2ccc(NC(=O)c3cccc(C#Cc4cnc5ccccn45)c3)cc2Cl)CC1. The topological polar surface area (TPSA) is 52.9 Å². The summed E-state index contributed by atoms with van der Waals surface area (Å²) in [6.45, 7) is 5.00. The van der Waals surface area contributed by atoms with E-state index in [9.17, 15) is 4.79 Å². The van der Waals surface area contributed by atoms with E-state index < -0.39 is 0 Å². The smallest absolute Gasteiger partial charge is 0.255 e. The largest absolute Gasteiger partial charge is 0.322 e. The third kappa shape index (κ3) is 5.55. The zero-order chi connectivity index (χ0) is 24.2. The lowest BCUT2D eigenvalue weighted by molar-refractivity contribution is 0.102. The monoisotopic (exact) mass is 483 g/mol. The van der Waals surface area contributed by atoms with Gasteiger partial charge in [-0.2, -0.15) is 0 Å². The molecule has 0 bridgehead atoms. The molecule has 0 aliphatic carbocycles. The fourth-order valence-electron chi connectivity index (χ4n) is 4.10.